The van der Waals surface area contributed by atoms with Gasteiger partial charge in [0.25, 0.3) is 0 Å². The van der Waals surface area contributed by atoms with E-state index < -0.39 is 17.3 Å². The molecule has 0 spiro atoms. The molecule has 3 rings (SSSR count). The summed E-state index contributed by atoms with van der Waals surface area (Å²) in [5, 5.41) is 15.1. The fraction of sp³-hybridized carbons (Fsp3) is 0.174. The molecule has 7 heteroatoms. The first-order valence-corrected chi connectivity index (χ1v) is 10.6. The Hall–Kier alpha value is -2.96. The van der Waals surface area contributed by atoms with Crippen LogP contribution in [0.15, 0.2) is 72.6 Å². The van der Waals surface area contributed by atoms with Crippen LogP contribution in [0.25, 0.3) is 11.3 Å². The van der Waals surface area contributed by atoms with Gasteiger partial charge in [0.2, 0.25) is 5.91 Å². The Balaban J connectivity index is 1.88. The van der Waals surface area contributed by atoms with Gasteiger partial charge in [0.1, 0.15) is 0 Å². The summed E-state index contributed by atoms with van der Waals surface area (Å²) in [6.07, 6.45) is 1.77. The van der Waals surface area contributed by atoms with E-state index in [9.17, 15) is 14.7 Å². The molecule has 2 N–H and O–H groups in total. The van der Waals surface area contributed by atoms with Crippen molar-refractivity contribution < 1.29 is 14.7 Å². The first kappa shape index (κ1) is 21.7. The summed E-state index contributed by atoms with van der Waals surface area (Å²) in [7, 11) is 0. The normalized spacial score (nSPS) is 12.7. The quantitative estimate of drug-likeness (QED) is 0.419. The number of hydrogen-bond acceptors (Lipinski definition) is 4. The summed E-state index contributed by atoms with van der Waals surface area (Å²) in [5.74, 6) is -1.44. The third-order valence-electron chi connectivity index (χ3n) is 4.77. The number of carbonyl (C=O) groups excluding carboxylic acids is 1. The van der Waals surface area contributed by atoms with Crippen molar-refractivity contribution in [3.05, 3.63) is 83.2 Å². The van der Waals surface area contributed by atoms with Crippen molar-refractivity contribution in [3.8, 4) is 11.3 Å². The van der Waals surface area contributed by atoms with E-state index in [4.69, 9.17) is 11.6 Å². The number of thiazole rings is 1. The number of halogens is 1. The van der Waals surface area contributed by atoms with Crippen LogP contribution in [0.4, 0.5) is 5.13 Å². The van der Waals surface area contributed by atoms with Crippen molar-refractivity contribution in [3.63, 3.8) is 0 Å². The molecule has 0 fully saturated rings. The summed E-state index contributed by atoms with van der Waals surface area (Å²) in [4.78, 5) is 29.4. The van der Waals surface area contributed by atoms with E-state index in [2.05, 4.69) is 16.9 Å². The van der Waals surface area contributed by atoms with E-state index in [1.807, 2.05) is 48.5 Å². The fourth-order valence-corrected chi connectivity index (χ4v) is 4.30. The number of aliphatic carboxylic acids is 1. The van der Waals surface area contributed by atoms with E-state index >= 15 is 0 Å². The van der Waals surface area contributed by atoms with Gasteiger partial charge in [0, 0.05) is 16.0 Å². The second-order valence-electron chi connectivity index (χ2n) is 6.98. The molecule has 2 aromatic carbocycles. The molecule has 0 saturated carbocycles. The monoisotopic (exact) mass is 440 g/mol. The van der Waals surface area contributed by atoms with Gasteiger partial charge < -0.3 is 10.4 Å². The van der Waals surface area contributed by atoms with Crippen LogP contribution >= 0.6 is 22.9 Å². The Bertz CT molecular complexity index is 1050. The number of rotatable bonds is 9. The predicted octanol–water partition coefficient (Wildman–Crippen LogP) is 5.68. The zero-order valence-electron chi connectivity index (χ0n) is 16.2. The van der Waals surface area contributed by atoms with Gasteiger partial charge in [-0.1, -0.05) is 66.2 Å². The second kappa shape index (κ2) is 9.69. The first-order valence-electron chi connectivity index (χ1n) is 9.32. The van der Waals surface area contributed by atoms with Crippen LogP contribution in [-0.2, 0) is 16.0 Å². The van der Waals surface area contributed by atoms with Crippen LogP contribution in [-0.4, -0.2) is 22.0 Å². The highest BCUT2D eigenvalue weighted by atomic mass is 35.5. The number of allylic oxidation sites excluding steroid dienone is 1. The van der Waals surface area contributed by atoms with Gasteiger partial charge in [-0.2, -0.15) is 0 Å². The molecule has 30 heavy (non-hydrogen) atoms. The highest BCUT2D eigenvalue weighted by Gasteiger charge is 2.40. The molecular formula is C23H21ClN2O3S. The molecule has 0 bridgehead atoms. The number of carboxylic acid groups (broad SMARTS) is 1. The van der Waals surface area contributed by atoms with Gasteiger partial charge in [0.15, 0.2) is 5.13 Å². The lowest BCUT2D eigenvalue weighted by Crippen LogP contribution is -2.40. The number of hydrogen-bond donors (Lipinski definition) is 2. The lowest BCUT2D eigenvalue weighted by Gasteiger charge is -2.30. The Kier molecular flexibility index (Phi) is 7.03. The Labute approximate surface area is 184 Å². The second-order valence-corrected chi connectivity index (χ2v) is 8.24. The summed E-state index contributed by atoms with van der Waals surface area (Å²) in [5.41, 5.74) is 1.12. The topological polar surface area (TPSA) is 79.3 Å². The van der Waals surface area contributed by atoms with Crippen molar-refractivity contribution in [2.45, 2.75) is 19.3 Å². The van der Waals surface area contributed by atoms with Gasteiger partial charge in [-0.05, 0) is 24.5 Å². The van der Waals surface area contributed by atoms with Crippen LogP contribution in [0.1, 0.15) is 18.4 Å². The lowest BCUT2D eigenvalue weighted by molar-refractivity contribution is -0.143. The molecule has 1 heterocycles. The van der Waals surface area contributed by atoms with E-state index in [1.54, 1.807) is 17.5 Å². The standard InChI is InChI=1S/C23H21ClN2O3S/c1-2-12-23(14-20(27)28,13-16-8-4-3-5-9-16)21(29)26-22-25-19(15-30-22)17-10-6-7-11-18(17)24/h2-11,15H,1,12-14H2,(H,27,28)(H,25,26,29)/t23-/m1/s1. The van der Waals surface area contributed by atoms with Crippen molar-refractivity contribution in [1.82, 2.24) is 4.98 Å². The van der Waals surface area contributed by atoms with Crippen molar-refractivity contribution >= 4 is 39.9 Å². The fourth-order valence-electron chi connectivity index (χ4n) is 3.37. The Morgan fingerprint density at radius 3 is 2.53 bits per heavy atom. The molecule has 1 amide bonds. The highest BCUT2D eigenvalue weighted by Crippen LogP contribution is 2.35. The van der Waals surface area contributed by atoms with Crippen LogP contribution in [0.5, 0.6) is 0 Å². The minimum Gasteiger partial charge on any atom is -0.481 e. The van der Waals surface area contributed by atoms with E-state index in [1.165, 1.54) is 11.3 Å². The smallest absolute Gasteiger partial charge is 0.304 e. The molecule has 0 unspecified atom stereocenters. The number of aromatic nitrogens is 1. The Morgan fingerprint density at radius 1 is 1.17 bits per heavy atom. The average molecular weight is 441 g/mol. The number of nitrogens with zero attached hydrogens (tertiary/aromatic N) is 1. The molecule has 0 aliphatic heterocycles. The molecule has 5 nitrogen and oxygen atoms in total. The van der Waals surface area contributed by atoms with Crippen LogP contribution in [0, 0.1) is 5.41 Å². The Morgan fingerprint density at radius 2 is 1.87 bits per heavy atom. The maximum atomic E-state index is 13.3. The van der Waals surface area contributed by atoms with Gasteiger partial charge in [-0.25, -0.2) is 4.98 Å². The largest absolute Gasteiger partial charge is 0.481 e. The zero-order valence-corrected chi connectivity index (χ0v) is 17.7. The lowest BCUT2D eigenvalue weighted by atomic mass is 9.75. The molecule has 0 radical (unpaired) electrons. The van der Waals surface area contributed by atoms with Crippen molar-refractivity contribution in [2.24, 2.45) is 5.41 Å². The molecular weight excluding hydrogens is 420 g/mol. The third-order valence-corrected chi connectivity index (χ3v) is 5.85. The molecule has 1 aromatic heterocycles. The number of carbonyl (C=O) groups is 2. The number of carboxylic acids is 1. The van der Waals surface area contributed by atoms with E-state index in [0.29, 0.717) is 15.8 Å². The predicted molar refractivity (Wildman–Crippen MR) is 121 cm³/mol. The van der Waals surface area contributed by atoms with Gasteiger partial charge >= 0.3 is 5.97 Å². The van der Waals surface area contributed by atoms with Crippen LogP contribution < -0.4 is 5.32 Å². The molecule has 1 atom stereocenters. The summed E-state index contributed by atoms with van der Waals surface area (Å²) in [6.45, 7) is 3.74. The zero-order chi connectivity index (χ0) is 21.6. The minimum absolute atomic E-state index is 0.225. The minimum atomic E-state index is -1.18. The molecule has 154 valence electrons. The number of nitrogens with one attached hydrogen (secondary N) is 1. The number of amides is 1. The van der Waals surface area contributed by atoms with Gasteiger partial charge in [-0.3, -0.25) is 9.59 Å². The van der Waals surface area contributed by atoms with E-state index in [0.717, 1.165) is 11.1 Å². The van der Waals surface area contributed by atoms with Crippen molar-refractivity contribution in [2.75, 3.05) is 5.32 Å². The van der Waals surface area contributed by atoms with Gasteiger partial charge in [0.05, 0.1) is 17.5 Å². The van der Waals surface area contributed by atoms with Gasteiger partial charge in [-0.15, -0.1) is 17.9 Å². The molecule has 0 aliphatic carbocycles. The molecule has 0 aliphatic rings. The maximum absolute atomic E-state index is 13.3. The summed E-state index contributed by atoms with van der Waals surface area (Å²) >= 11 is 7.50. The first-order chi connectivity index (χ1) is 14.4. The average Bonchev–Trinajstić information content (AvgIpc) is 3.17. The maximum Gasteiger partial charge on any atom is 0.304 e. The highest BCUT2D eigenvalue weighted by molar-refractivity contribution is 7.14. The van der Waals surface area contributed by atoms with Crippen LogP contribution in [0.3, 0.4) is 0 Å². The SMILES string of the molecule is C=CC[C@](CC(=O)O)(Cc1ccccc1)C(=O)Nc1nc(-c2ccccc2Cl)cs1. The summed E-state index contributed by atoms with van der Waals surface area (Å²) < 4.78 is 0. The summed E-state index contributed by atoms with van der Waals surface area (Å²) in [6, 6.07) is 16.7. The van der Waals surface area contributed by atoms with E-state index in [-0.39, 0.29) is 19.3 Å². The molecule has 3 aromatic rings. The van der Waals surface area contributed by atoms with Crippen LogP contribution in [0.2, 0.25) is 5.02 Å². The third kappa shape index (κ3) is 5.14. The number of anilines is 1. The van der Waals surface area contributed by atoms with Crippen molar-refractivity contribution in [1.29, 1.82) is 0 Å². The number of benzene rings is 2. The molecule has 0 saturated heterocycles.